The van der Waals surface area contributed by atoms with Gasteiger partial charge in [0.15, 0.2) is 5.78 Å². The minimum absolute atomic E-state index is 0.0700. The number of para-hydroxylation sites is 1. The van der Waals surface area contributed by atoms with E-state index in [9.17, 15) is 4.79 Å². The van der Waals surface area contributed by atoms with Gasteiger partial charge in [0.2, 0.25) is 0 Å². The molecule has 1 saturated carbocycles. The van der Waals surface area contributed by atoms with Crippen molar-refractivity contribution >= 4 is 16.7 Å². The van der Waals surface area contributed by atoms with Crippen LogP contribution in [-0.2, 0) is 4.74 Å². The summed E-state index contributed by atoms with van der Waals surface area (Å²) in [4.78, 5) is 17.0. The molecular formula is C15H15NO2. The highest BCUT2D eigenvalue weighted by Gasteiger charge is 2.45. The molecule has 1 aliphatic rings. The van der Waals surface area contributed by atoms with Crippen LogP contribution in [0.2, 0.25) is 0 Å². The van der Waals surface area contributed by atoms with Crippen LogP contribution < -0.4 is 0 Å². The standard InChI is InChI=1S/C15H15NO2/c1-18-15(8-4-9-15)14(17)12-7-2-5-11-6-3-10-16-13(11)12/h2-3,5-7,10H,4,8-9H2,1H3. The molecule has 0 spiro atoms. The third-order valence-electron chi connectivity index (χ3n) is 3.84. The largest absolute Gasteiger partial charge is 0.370 e. The quantitative estimate of drug-likeness (QED) is 0.775. The van der Waals surface area contributed by atoms with Crippen molar-refractivity contribution in [3.63, 3.8) is 0 Å². The van der Waals surface area contributed by atoms with Crippen molar-refractivity contribution in [2.45, 2.75) is 24.9 Å². The van der Waals surface area contributed by atoms with Crippen molar-refractivity contribution < 1.29 is 9.53 Å². The first-order valence-electron chi connectivity index (χ1n) is 6.20. The van der Waals surface area contributed by atoms with Crippen molar-refractivity contribution in [1.29, 1.82) is 0 Å². The second kappa shape index (κ2) is 4.18. The van der Waals surface area contributed by atoms with Crippen LogP contribution in [0.15, 0.2) is 36.5 Å². The highest BCUT2D eigenvalue weighted by molar-refractivity contribution is 6.11. The average Bonchev–Trinajstić information content (AvgIpc) is 2.37. The Balaban J connectivity index is 2.12. The fourth-order valence-electron chi connectivity index (χ4n) is 2.55. The van der Waals surface area contributed by atoms with E-state index in [4.69, 9.17) is 4.74 Å². The maximum atomic E-state index is 12.6. The number of Topliss-reactive ketones (excluding diaryl/α,β-unsaturated/α-hetero) is 1. The Hall–Kier alpha value is -1.74. The molecule has 92 valence electrons. The van der Waals surface area contributed by atoms with E-state index >= 15 is 0 Å². The maximum Gasteiger partial charge on any atom is 0.196 e. The van der Waals surface area contributed by atoms with E-state index in [2.05, 4.69) is 4.98 Å². The molecule has 0 radical (unpaired) electrons. The number of methoxy groups -OCH3 is 1. The molecule has 3 rings (SSSR count). The molecule has 3 heteroatoms. The second-order valence-corrected chi connectivity index (χ2v) is 4.76. The molecule has 1 aromatic heterocycles. The summed E-state index contributed by atoms with van der Waals surface area (Å²) in [5.74, 6) is 0.0700. The van der Waals surface area contributed by atoms with E-state index in [0.717, 1.165) is 30.2 Å². The minimum atomic E-state index is -0.605. The van der Waals surface area contributed by atoms with Crippen LogP contribution in [0.5, 0.6) is 0 Å². The van der Waals surface area contributed by atoms with E-state index in [-0.39, 0.29) is 5.78 Å². The fraction of sp³-hybridized carbons (Fsp3) is 0.333. The topological polar surface area (TPSA) is 39.2 Å². The molecule has 2 aromatic rings. The Bertz CT molecular complexity index is 591. The zero-order chi connectivity index (χ0) is 12.6. The van der Waals surface area contributed by atoms with Gasteiger partial charge < -0.3 is 4.74 Å². The van der Waals surface area contributed by atoms with Crippen LogP contribution in [-0.4, -0.2) is 23.5 Å². The number of ketones is 1. The van der Waals surface area contributed by atoms with Gasteiger partial charge in [-0.05, 0) is 31.4 Å². The first-order valence-corrected chi connectivity index (χ1v) is 6.20. The number of benzene rings is 1. The van der Waals surface area contributed by atoms with Gasteiger partial charge >= 0.3 is 0 Å². The number of ether oxygens (including phenoxy) is 1. The second-order valence-electron chi connectivity index (χ2n) is 4.76. The van der Waals surface area contributed by atoms with Gasteiger partial charge in [0.05, 0.1) is 5.52 Å². The molecule has 18 heavy (non-hydrogen) atoms. The highest BCUT2D eigenvalue weighted by atomic mass is 16.5. The van der Waals surface area contributed by atoms with E-state index in [0.29, 0.717) is 5.56 Å². The molecular weight excluding hydrogens is 226 g/mol. The molecule has 0 unspecified atom stereocenters. The Morgan fingerprint density at radius 2 is 2.06 bits per heavy atom. The van der Waals surface area contributed by atoms with E-state index < -0.39 is 5.60 Å². The molecule has 1 aromatic carbocycles. The average molecular weight is 241 g/mol. The Morgan fingerprint density at radius 1 is 1.28 bits per heavy atom. The Labute approximate surface area is 106 Å². The number of fused-ring (bicyclic) bond motifs is 1. The van der Waals surface area contributed by atoms with Gasteiger partial charge in [-0.2, -0.15) is 0 Å². The summed E-state index contributed by atoms with van der Waals surface area (Å²) in [6.45, 7) is 0. The Morgan fingerprint density at radius 3 is 2.72 bits per heavy atom. The molecule has 1 heterocycles. The van der Waals surface area contributed by atoms with Crippen LogP contribution in [0.3, 0.4) is 0 Å². The number of nitrogens with zero attached hydrogens (tertiary/aromatic N) is 1. The van der Waals surface area contributed by atoms with Gasteiger partial charge in [-0.1, -0.05) is 18.2 Å². The van der Waals surface area contributed by atoms with Crippen molar-refractivity contribution in [2.75, 3.05) is 7.11 Å². The summed E-state index contributed by atoms with van der Waals surface area (Å²) >= 11 is 0. The summed E-state index contributed by atoms with van der Waals surface area (Å²) in [5.41, 5.74) is 0.842. The predicted molar refractivity (Wildman–Crippen MR) is 69.7 cm³/mol. The molecule has 0 aliphatic heterocycles. The van der Waals surface area contributed by atoms with Crippen LogP contribution in [0.4, 0.5) is 0 Å². The number of pyridine rings is 1. The normalized spacial score (nSPS) is 17.4. The molecule has 0 N–H and O–H groups in total. The van der Waals surface area contributed by atoms with Gasteiger partial charge in [0, 0.05) is 24.3 Å². The van der Waals surface area contributed by atoms with Gasteiger partial charge in [-0.25, -0.2) is 0 Å². The molecule has 1 fully saturated rings. The molecule has 3 nitrogen and oxygen atoms in total. The highest BCUT2D eigenvalue weighted by Crippen LogP contribution is 2.38. The summed E-state index contributed by atoms with van der Waals surface area (Å²) < 4.78 is 5.46. The van der Waals surface area contributed by atoms with Gasteiger partial charge in [-0.15, -0.1) is 0 Å². The van der Waals surface area contributed by atoms with Crippen LogP contribution in [0, 0.1) is 0 Å². The maximum absolute atomic E-state index is 12.6. The molecule has 1 aliphatic carbocycles. The molecule has 0 bridgehead atoms. The van der Waals surface area contributed by atoms with Crippen LogP contribution in [0.25, 0.3) is 10.9 Å². The third kappa shape index (κ3) is 1.55. The fourth-order valence-corrected chi connectivity index (χ4v) is 2.55. The zero-order valence-electron chi connectivity index (χ0n) is 10.3. The first-order chi connectivity index (χ1) is 8.77. The SMILES string of the molecule is COC1(C(=O)c2cccc3cccnc23)CCC1. The summed E-state index contributed by atoms with van der Waals surface area (Å²) in [7, 11) is 1.62. The van der Waals surface area contributed by atoms with Crippen LogP contribution >= 0.6 is 0 Å². The van der Waals surface area contributed by atoms with Gasteiger partial charge in [0.1, 0.15) is 5.60 Å². The van der Waals surface area contributed by atoms with Crippen molar-refractivity contribution in [2.24, 2.45) is 0 Å². The number of hydrogen-bond acceptors (Lipinski definition) is 3. The third-order valence-corrected chi connectivity index (χ3v) is 3.84. The number of aromatic nitrogens is 1. The number of carbonyl (C=O) groups excluding carboxylic acids is 1. The van der Waals surface area contributed by atoms with E-state index in [1.165, 1.54) is 0 Å². The summed E-state index contributed by atoms with van der Waals surface area (Å²) in [5, 5.41) is 0.994. The van der Waals surface area contributed by atoms with E-state index in [1.54, 1.807) is 13.3 Å². The molecule has 0 atom stereocenters. The minimum Gasteiger partial charge on any atom is -0.370 e. The molecule has 0 saturated heterocycles. The van der Waals surface area contributed by atoms with Gasteiger partial charge in [-0.3, -0.25) is 9.78 Å². The van der Waals surface area contributed by atoms with Gasteiger partial charge in [0.25, 0.3) is 0 Å². The lowest BCUT2D eigenvalue weighted by molar-refractivity contribution is -0.0447. The smallest absolute Gasteiger partial charge is 0.196 e. The van der Waals surface area contributed by atoms with Crippen LogP contribution in [0.1, 0.15) is 29.6 Å². The monoisotopic (exact) mass is 241 g/mol. The first kappa shape index (κ1) is 11.4. The zero-order valence-corrected chi connectivity index (χ0v) is 10.3. The number of carbonyl (C=O) groups is 1. The summed E-state index contributed by atoms with van der Waals surface area (Å²) in [6.07, 6.45) is 4.40. The molecule has 0 amide bonds. The van der Waals surface area contributed by atoms with E-state index in [1.807, 2.05) is 30.3 Å². The lowest BCUT2D eigenvalue weighted by Crippen LogP contribution is -2.47. The lowest BCUT2D eigenvalue weighted by Gasteiger charge is -2.38. The van der Waals surface area contributed by atoms with Crippen molar-refractivity contribution in [3.8, 4) is 0 Å². The number of rotatable bonds is 3. The lowest BCUT2D eigenvalue weighted by atomic mass is 9.74. The Kier molecular flexibility index (Phi) is 2.63. The van der Waals surface area contributed by atoms with Crippen molar-refractivity contribution in [3.05, 3.63) is 42.1 Å². The predicted octanol–water partition coefficient (Wildman–Crippen LogP) is 2.99. The number of hydrogen-bond donors (Lipinski definition) is 0. The summed E-state index contributed by atoms with van der Waals surface area (Å²) in [6, 6.07) is 9.57. The van der Waals surface area contributed by atoms with Crippen molar-refractivity contribution in [1.82, 2.24) is 4.98 Å².